The SMILES string of the molecule is CCCCCCSC1=NC(C)=C(C(=O)Nc2ccccc2)[C@@H](c2ccco2)C1C#N. The Balaban J connectivity index is 1.89. The van der Waals surface area contributed by atoms with Crippen LogP contribution in [0.5, 0.6) is 0 Å². The summed E-state index contributed by atoms with van der Waals surface area (Å²) in [6.45, 7) is 4.02. The van der Waals surface area contributed by atoms with Crippen LogP contribution in [-0.4, -0.2) is 16.7 Å². The fourth-order valence-corrected chi connectivity index (χ4v) is 4.71. The number of benzene rings is 1. The van der Waals surface area contributed by atoms with Gasteiger partial charge >= 0.3 is 0 Å². The summed E-state index contributed by atoms with van der Waals surface area (Å²) in [5.74, 6) is 0.242. The third-order valence-corrected chi connectivity index (χ3v) is 6.22. The van der Waals surface area contributed by atoms with Crippen molar-refractivity contribution in [1.29, 1.82) is 5.26 Å². The molecule has 0 bridgehead atoms. The number of para-hydroxylation sites is 1. The van der Waals surface area contributed by atoms with E-state index in [1.807, 2.05) is 43.3 Å². The van der Waals surface area contributed by atoms with Crippen LogP contribution in [0.4, 0.5) is 5.69 Å². The van der Waals surface area contributed by atoms with Crippen LogP contribution < -0.4 is 5.32 Å². The molecular formula is C24H27N3O2S. The van der Waals surface area contributed by atoms with Gasteiger partial charge in [0.25, 0.3) is 5.91 Å². The Morgan fingerprint density at radius 2 is 2.00 bits per heavy atom. The van der Waals surface area contributed by atoms with Crippen molar-refractivity contribution in [3.05, 3.63) is 65.8 Å². The average Bonchev–Trinajstić information content (AvgIpc) is 3.28. The Hall–Kier alpha value is -2.78. The molecule has 5 nitrogen and oxygen atoms in total. The first-order valence-corrected chi connectivity index (χ1v) is 11.4. The molecule has 1 unspecified atom stereocenters. The Bertz CT molecular complexity index is 943. The third-order valence-electron chi connectivity index (χ3n) is 5.09. The summed E-state index contributed by atoms with van der Waals surface area (Å²) in [6.07, 6.45) is 6.25. The maximum atomic E-state index is 13.2. The molecule has 0 aliphatic carbocycles. The van der Waals surface area contributed by atoms with E-state index in [0.29, 0.717) is 22.7 Å². The number of hydrogen-bond acceptors (Lipinski definition) is 5. The van der Waals surface area contributed by atoms with Crippen LogP contribution in [0.3, 0.4) is 0 Å². The highest BCUT2D eigenvalue weighted by molar-refractivity contribution is 8.14. The van der Waals surface area contributed by atoms with Gasteiger partial charge in [0.15, 0.2) is 0 Å². The second-order valence-corrected chi connectivity index (χ2v) is 8.39. The molecule has 2 heterocycles. The number of carbonyl (C=O) groups excluding carboxylic acids is 1. The van der Waals surface area contributed by atoms with Crippen molar-refractivity contribution < 1.29 is 9.21 Å². The molecule has 0 radical (unpaired) electrons. The van der Waals surface area contributed by atoms with Crippen LogP contribution in [0.25, 0.3) is 0 Å². The molecule has 0 saturated carbocycles. The van der Waals surface area contributed by atoms with E-state index >= 15 is 0 Å². The molecule has 30 heavy (non-hydrogen) atoms. The molecular weight excluding hydrogens is 394 g/mol. The number of furan rings is 1. The first kappa shape index (κ1) is 21.9. The first-order chi connectivity index (χ1) is 14.7. The summed E-state index contributed by atoms with van der Waals surface area (Å²) < 4.78 is 5.66. The van der Waals surface area contributed by atoms with E-state index in [-0.39, 0.29) is 5.91 Å². The molecule has 1 aromatic heterocycles. The monoisotopic (exact) mass is 421 g/mol. The van der Waals surface area contributed by atoms with Crippen molar-refractivity contribution in [1.82, 2.24) is 0 Å². The lowest BCUT2D eigenvalue weighted by Gasteiger charge is -2.28. The topological polar surface area (TPSA) is 78.4 Å². The largest absolute Gasteiger partial charge is 0.469 e. The van der Waals surface area contributed by atoms with Crippen molar-refractivity contribution in [3.63, 3.8) is 0 Å². The molecule has 1 aromatic carbocycles. The lowest BCUT2D eigenvalue weighted by Crippen LogP contribution is -2.31. The van der Waals surface area contributed by atoms with E-state index in [2.05, 4.69) is 18.3 Å². The number of allylic oxidation sites excluding steroid dienone is 1. The number of rotatable bonds is 8. The predicted molar refractivity (Wildman–Crippen MR) is 122 cm³/mol. The van der Waals surface area contributed by atoms with Gasteiger partial charge in [0.1, 0.15) is 11.7 Å². The maximum Gasteiger partial charge on any atom is 0.254 e. The Morgan fingerprint density at radius 3 is 2.67 bits per heavy atom. The minimum Gasteiger partial charge on any atom is -0.469 e. The van der Waals surface area contributed by atoms with Gasteiger partial charge in [0.05, 0.1) is 28.9 Å². The lowest BCUT2D eigenvalue weighted by atomic mass is 9.81. The molecule has 1 aliphatic heterocycles. The Kier molecular flexibility index (Phi) is 7.92. The zero-order valence-electron chi connectivity index (χ0n) is 17.4. The number of amides is 1. The second kappa shape index (κ2) is 10.8. The summed E-state index contributed by atoms with van der Waals surface area (Å²) in [5.41, 5.74) is 1.82. The zero-order valence-corrected chi connectivity index (χ0v) is 18.2. The fourth-order valence-electron chi connectivity index (χ4n) is 3.59. The van der Waals surface area contributed by atoms with Gasteiger partial charge in [-0.2, -0.15) is 5.26 Å². The predicted octanol–water partition coefficient (Wildman–Crippen LogP) is 6.14. The zero-order chi connectivity index (χ0) is 21.3. The molecule has 1 amide bonds. The van der Waals surface area contributed by atoms with Gasteiger partial charge < -0.3 is 9.73 Å². The minimum atomic E-state index is -0.549. The van der Waals surface area contributed by atoms with Crippen molar-refractivity contribution in [2.75, 3.05) is 11.1 Å². The highest BCUT2D eigenvalue weighted by Crippen LogP contribution is 2.41. The van der Waals surface area contributed by atoms with Crippen LogP contribution >= 0.6 is 11.8 Å². The minimum absolute atomic E-state index is 0.254. The second-order valence-electron chi connectivity index (χ2n) is 7.28. The number of nitrogens with zero attached hydrogens (tertiary/aromatic N) is 2. The number of aliphatic imine (C=N–C) groups is 1. The van der Waals surface area contributed by atoms with Crippen LogP contribution in [-0.2, 0) is 4.79 Å². The number of nitriles is 1. The number of carbonyl (C=O) groups is 1. The van der Waals surface area contributed by atoms with Crippen LogP contribution in [0.2, 0.25) is 0 Å². The number of anilines is 1. The third kappa shape index (κ3) is 5.22. The highest BCUT2D eigenvalue weighted by Gasteiger charge is 2.40. The van der Waals surface area contributed by atoms with Crippen LogP contribution in [0, 0.1) is 17.2 Å². The number of thioether (sulfide) groups is 1. The van der Waals surface area contributed by atoms with Gasteiger partial charge in [-0.15, -0.1) is 11.8 Å². The van der Waals surface area contributed by atoms with Gasteiger partial charge in [-0.1, -0.05) is 44.4 Å². The molecule has 1 N–H and O–H groups in total. The highest BCUT2D eigenvalue weighted by atomic mass is 32.2. The smallest absolute Gasteiger partial charge is 0.254 e. The Labute approximate surface area is 182 Å². The fraction of sp³-hybridized carbons (Fsp3) is 0.375. The number of nitrogens with one attached hydrogen (secondary N) is 1. The van der Waals surface area contributed by atoms with E-state index < -0.39 is 11.8 Å². The summed E-state index contributed by atoms with van der Waals surface area (Å²) in [4.78, 5) is 17.9. The van der Waals surface area contributed by atoms with Gasteiger partial charge in [0, 0.05) is 11.4 Å². The van der Waals surface area contributed by atoms with Gasteiger partial charge in [0.2, 0.25) is 0 Å². The molecule has 0 saturated heterocycles. The van der Waals surface area contributed by atoms with Crippen LogP contribution in [0.15, 0.2) is 69.4 Å². The standard InChI is InChI=1S/C24H27N3O2S/c1-3-4-5-9-15-30-24-19(16-25)22(20-13-10-14-29-20)21(17(2)26-24)23(28)27-18-11-7-6-8-12-18/h6-8,10-14,19,22H,3-5,9,15H2,1-2H3,(H,27,28)/t19?,22-/m1/s1. The average molecular weight is 422 g/mol. The van der Waals surface area contributed by atoms with E-state index in [4.69, 9.17) is 9.41 Å². The number of unbranched alkanes of at least 4 members (excludes halogenated alkanes) is 3. The molecule has 2 aromatic rings. The first-order valence-electron chi connectivity index (χ1n) is 10.4. The normalized spacial score (nSPS) is 18.6. The maximum absolute atomic E-state index is 13.2. The van der Waals surface area contributed by atoms with E-state index in [1.54, 1.807) is 24.1 Å². The molecule has 1 aliphatic rings. The summed E-state index contributed by atoms with van der Waals surface area (Å²) in [6, 6.07) is 15.3. The van der Waals surface area contributed by atoms with Gasteiger partial charge in [-0.25, -0.2) is 4.99 Å². The van der Waals surface area contributed by atoms with E-state index in [9.17, 15) is 10.1 Å². The molecule has 0 spiro atoms. The van der Waals surface area contributed by atoms with E-state index in [0.717, 1.165) is 17.2 Å². The van der Waals surface area contributed by atoms with Crippen molar-refractivity contribution in [3.8, 4) is 6.07 Å². The van der Waals surface area contributed by atoms with Crippen molar-refractivity contribution >= 4 is 28.4 Å². The summed E-state index contributed by atoms with van der Waals surface area (Å²) in [5, 5.41) is 13.7. The number of hydrogen-bond donors (Lipinski definition) is 1. The molecule has 2 atom stereocenters. The molecule has 3 rings (SSSR count). The lowest BCUT2D eigenvalue weighted by molar-refractivity contribution is -0.113. The molecule has 156 valence electrons. The quantitative estimate of drug-likeness (QED) is 0.519. The van der Waals surface area contributed by atoms with Gasteiger partial charge in [-0.3, -0.25) is 4.79 Å². The summed E-state index contributed by atoms with van der Waals surface area (Å²) in [7, 11) is 0. The summed E-state index contributed by atoms with van der Waals surface area (Å²) >= 11 is 1.62. The molecule has 0 fully saturated rings. The van der Waals surface area contributed by atoms with Crippen LogP contribution in [0.1, 0.15) is 51.2 Å². The van der Waals surface area contributed by atoms with Crippen molar-refractivity contribution in [2.45, 2.75) is 45.4 Å². The van der Waals surface area contributed by atoms with Crippen molar-refractivity contribution in [2.24, 2.45) is 10.9 Å². The van der Waals surface area contributed by atoms with E-state index in [1.165, 1.54) is 19.3 Å². The molecule has 6 heteroatoms. The Morgan fingerprint density at radius 1 is 1.20 bits per heavy atom. The van der Waals surface area contributed by atoms with Gasteiger partial charge in [-0.05, 0) is 43.4 Å².